The number of carbonyl (C=O) groups excluding carboxylic acids is 1. The van der Waals surface area contributed by atoms with Gasteiger partial charge in [0.2, 0.25) is 0 Å². The van der Waals surface area contributed by atoms with Gasteiger partial charge in [-0.1, -0.05) is 36.4 Å². The fourth-order valence-corrected chi connectivity index (χ4v) is 2.07. The number of benzene rings is 2. The van der Waals surface area contributed by atoms with Crippen molar-refractivity contribution in [3.63, 3.8) is 0 Å². The van der Waals surface area contributed by atoms with Crippen molar-refractivity contribution < 1.29 is 13.9 Å². The van der Waals surface area contributed by atoms with E-state index in [0.29, 0.717) is 6.54 Å². The van der Waals surface area contributed by atoms with E-state index in [1.54, 1.807) is 12.1 Å². The van der Waals surface area contributed by atoms with Crippen molar-refractivity contribution in [3.05, 3.63) is 59.9 Å². The Bertz CT molecular complexity index is 645. The summed E-state index contributed by atoms with van der Waals surface area (Å²) in [4.78, 5) is 11.7. The summed E-state index contributed by atoms with van der Waals surface area (Å²) in [7, 11) is 0. The first-order chi connectivity index (χ1) is 10.3. The second kappa shape index (κ2) is 6.60. The molecule has 1 amide bonds. The van der Waals surface area contributed by atoms with Crippen LogP contribution in [0.5, 0.6) is 0 Å². The number of nitrogens with one attached hydrogen (secondary N) is 1. The highest BCUT2D eigenvalue weighted by Gasteiger charge is 2.16. The molecule has 0 saturated heterocycles. The second-order valence-corrected chi connectivity index (χ2v) is 6.02. The largest absolute Gasteiger partial charge is 0.444 e. The minimum atomic E-state index is -0.527. The molecule has 0 aromatic heterocycles. The highest BCUT2D eigenvalue weighted by molar-refractivity contribution is 5.70. The van der Waals surface area contributed by atoms with Gasteiger partial charge >= 0.3 is 6.09 Å². The van der Waals surface area contributed by atoms with Gasteiger partial charge in [-0.2, -0.15) is 0 Å². The molecule has 0 atom stereocenters. The molecule has 0 heterocycles. The van der Waals surface area contributed by atoms with Gasteiger partial charge in [-0.3, -0.25) is 0 Å². The zero-order valence-corrected chi connectivity index (χ0v) is 13.0. The molecule has 0 aliphatic carbocycles. The quantitative estimate of drug-likeness (QED) is 0.905. The van der Waals surface area contributed by atoms with Crippen molar-refractivity contribution in [2.75, 3.05) is 0 Å². The molecular weight excluding hydrogens is 281 g/mol. The van der Waals surface area contributed by atoms with E-state index >= 15 is 0 Å². The smallest absolute Gasteiger partial charge is 0.407 e. The lowest BCUT2D eigenvalue weighted by Gasteiger charge is -2.20. The van der Waals surface area contributed by atoms with E-state index in [0.717, 1.165) is 16.7 Å². The molecule has 0 fully saturated rings. The molecule has 0 aliphatic heterocycles. The molecule has 2 rings (SSSR count). The summed E-state index contributed by atoms with van der Waals surface area (Å²) in [6, 6.07) is 14.0. The van der Waals surface area contributed by atoms with Crippen LogP contribution in [0, 0.1) is 5.82 Å². The Morgan fingerprint density at radius 2 is 1.73 bits per heavy atom. The Kier molecular flexibility index (Phi) is 4.81. The Balaban J connectivity index is 2.12. The molecule has 0 spiro atoms. The molecule has 4 heteroatoms. The zero-order valence-electron chi connectivity index (χ0n) is 13.0. The zero-order chi connectivity index (χ0) is 16.2. The van der Waals surface area contributed by atoms with Crippen LogP contribution in [0.1, 0.15) is 26.3 Å². The maximum atomic E-state index is 13.0. The molecular formula is C18H20FNO2. The van der Waals surface area contributed by atoms with E-state index in [1.807, 2.05) is 45.0 Å². The molecule has 0 saturated carbocycles. The van der Waals surface area contributed by atoms with Gasteiger partial charge in [0, 0.05) is 6.54 Å². The molecule has 2 aromatic carbocycles. The molecule has 0 unspecified atom stereocenters. The Morgan fingerprint density at radius 1 is 1.09 bits per heavy atom. The summed E-state index contributed by atoms with van der Waals surface area (Å²) in [5, 5.41) is 2.74. The standard InChI is InChI=1S/C18H20FNO2/c1-18(2,3)22-17(21)20-12-14-6-4-5-7-16(14)13-8-10-15(19)11-9-13/h4-11H,12H2,1-3H3,(H,20,21). The van der Waals surface area contributed by atoms with Gasteiger partial charge in [0.25, 0.3) is 0 Å². The highest BCUT2D eigenvalue weighted by atomic mass is 19.1. The summed E-state index contributed by atoms with van der Waals surface area (Å²) in [5.74, 6) is -0.270. The molecule has 2 aromatic rings. The molecule has 0 aliphatic rings. The van der Waals surface area contributed by atoms with E-state index in [1.165, 1.54) is 12.1 Å². The maximum Gasteiger partial charge on any atom is 0.407 e. The maximum absolute atomic E-state index is 13.0. The first-order valence-corrected chi connectivity index (χ1v) is 7.16. The van der Waals surface area contributed by atoms with Crippen molar-refractivity contribution in [1.82, 2.24) is 5.32 Å². The van der Waals surface area contributed by atoms with E-state index in [-0.39, 0.29) is 5.82 Å². The number of hydrogen-bond acceptors (Lipinski definition) is 2. The van der Waals surface area contributed by atoms with Gasteiger partial charge in [0.15, 0.2) is 0 Å². The fraction of sp³-hybridized carbons (Fsp3) is 0.278. The number of rotatable bonds is 3. The minimum Gasteiger partial charge on any atom is -0.444 e. The van der Waals surface area contributed by atoms with Crippen molar-refractivity contribution in [2.45, 2.75) is 32.9 Å². The second-order valence-electron chi connectivity index (χ2n) is 6.02. The van der Waals surface area contributed by atoms with Gasteiger partial charge in [0.05, 0.1) is 0 Å². The number of halogens is 1. The van der Waals surface area contributed by atoms with E-state index in [2.05, 4.69) is 5.32 Å². The van der Waals surface area contributed by atoms with Crippen LogP contribution in [0.3, 0.4) is 0 Å². The van der Waals surface area contributed by atoms with Crippen LogP contribution in [0.2, 0.25) is 0 Å². The summed E-state index contributed by atoms with van der Waals surface area (Å²) in [6.45, 7) is 5.81. The number of amides is 1. The van der Waals surface area contributed by atoms with Gasteiger partial charge in [-0.25, -0.2) is 9.18 Å². The average Bonchev–Trinajstić information content (AvgIpc) is 2.45. The normalized spacial score (nSPS) is 11.1. The minimum absolute atomic E-state index is 0.270. The van der Waals surface area contributed by atoms with Crippen LogP contribution < -0.4 is 5.32 Å². The van der Waals surface area contributed by atoms with Gasteiger partial charge in [-0.05, 0) is 49.6 Å². The van der Waals surface area contributed by atoms with E-state index in [4.69, 9.17) is 4.74 Å². The van der Waals surface area contributed by atoms with Gasteiger partial charge in [0.1, 0.15) is 11.4 Å². The average molecular weight is 301 g/mol. The summed E-state index contributed by atoms with van der Waals surface area (Å²) >= 11 is 0. The lowest BCUT2D eigenvalue weighted by Crippen LogP contribution is -2.32. The Hall–Kier alpha value is -2.36. The first-order valence-electron chi connectivity index (χ1n) is 7.16. The third-order valence-electron chi connectivity index (χ3n) is 2.99. The Morgan fingerprint density at radius 3 is 2.36 bits per heavy atom. The highest BCUT2D eigenvalue weighted by Crippen LogP contribution is 2.24. The first kappa shape index (κ1) is 16.0. The number of hydrogen-bond donors (Lipinski definition) is 1. The number of ether oxygens (including phenoxy) is 1. The van der Waals surface area contributed by atoms with Crippen LogP contribution in [0.15, 0.2) is 48.5 Å². The SMILES string of the molecule is CC(C)(C)OC(=O)NCc1ccccc1-c1ccc(F)cc1. The van der Waals surface area contributed by atoms with Gasteiger partial charge in [-0.15, -0.1) is 0 Å². The van der Waals surface area contributed by atoms with Crippen LogP contribution in [-0.4, -0.2) is 11.7 Å². The van der Waals surface area contributed by atoms with E-state index < -0.39 is 11.7 Å². The van der Waals surface area contributed by atoms with Crippen LogP contribution in [-0.2, 0) is 11.3 Å². The summed E-state index contributed by atoms with van der Waals surface area (Å²) < 4.78 is 18.3. The lowest BCUT2D eigenvalue weighted by atomic mass is 10.00. The lowest BCUT2D eigenvalue weighted by molar-refractivity contribution is 0.0523. The molecule has 22 heavy (non-hydrogen) atoms. The van der Waals surface area contributed by atoms with Crippen LogP contribution in [0.25, 0.3) is 11.1 Å². The van der Waals surface area contributed by atoms with Crippen molar-refractivity contribution in [3.8, 4) is 11.1 Å². The number of carbonyl (C=O) groups is 1. The van der Waals surface area contributed by atoms with Crippen molar-refractivity contribution in [2.24, 2.45) is 0 Å². The summed E-state index contributed by atoms with van der Waals surface area (Å²) in [5.41, 5.74) is 2.28. The molecule has 116 valence electrons. The van der Waals surface area contributed by atoms with Crippen molar-refractivity contribution >= 4 is 6.09 Å². The monoisotopic (exact) mass is 301 g/mol. The number of alkyl carbamates (subject to hydrolysis) is 1. The summed E-state index contributed by atoms with van der Waals surface area (Å²) in [6.07, 6.45) is -0.457. The van der Waals surface area contributed by atoms with Crippen LogP contribution in [0.4, 0.5) is 9.18 Å². The fourth-order valence-electron chi connectivity index (χ4n) is 2.07. The molecule has 3 nitrogen and oxygen atoms in total. The Labute approximate surface area is 130 Å². The third kappa shape index (κ3) is 4.58. The van der Waals surface area contributed by atoms with Crippen molar-refractivity contribution in [1.29, 1.82) is 0 Å². The topological polar surface area (TPSA) is 38.3 Å². The van der Waals surface area contributed by atoms with Gasteiger partial charge < -0.3 is 10.1 Å². The molecule has 0 bridgehead atoms. The molecule has 0 radical (unpaired) electrons. The third-order valence-corrected chi connectivity index (χ3v) is 2.99. The van der Waals surface area contributed by atoms with Crippen LogP contribution >= 0.6 is 0 Å². The predicted molar refractivity (Wildman–Crippen MR) is 84.9 cm³/mol. The van der Waals surface area contributed by atoms with E-state index in [9.17, 15) is 9.18 Å². The predicted octanol–water partition coefficient (Wildman–Crippen LogP) is 4.52. The molecule has 1 N–H and O–H groups in total.